The van der Waals surface area contributed by atoms with Gasteiger partial charge in [0, 0.05) is 0 Å². The lowest BCUT2D eigenvalue weighted by Gasteiger charge is -1.88. The van der Waals surface area contributed by atoms with Gasteiger partial charge in [0.05, 0.1) is 11.1 Å². The van der Waals surface area contributed by atoms with Crippen LogP contribution in [0.4, 0.5) is 0 Å². The van der Waals surface area contributed by atoms with Crippen LogP contribution in [-0.2, 0) is 0 Å². The van der Waals surface area contributed by atoms with Crippen molar-refractivity contribution in [3.8, 4) is 0 Å². The minimum absolute atomic E-state index is 0. The molecule has 1 aliphatic rings. The SMILES string of the molecule is O.O=C1NC(=O)c2ccccc21. The summed E-state index contributed by atoms with van der Waals surface area (Å²) >= 11 is 0. The average Bonchev–Trinajstić information content (AvgIpc) is 2.30. The summed E-state index contributed by atoms with van der Waals surface area (Å²) in [5.74, 6) is -0.601. The van der Waals surface area contributed by atoms with Crippen molar-refractivity contribution >= 4 is 11.8 Å². The third-order valence-electron chi connectivity index (χ3n) is 1.64. The van der Waals surface area contributed by atoms with E-state index in [9.17, 15) is 9.59 Å². The van der Waals surface area contributed by atoms with E-state index in [1.165, 1.54) is 0 Å². The number of hydrogen-bond donors (Lipinski definition) is 1. The number of nitrogens with one attached hydrogen (secondary N) is 1. The fourth-order valence-electron chi connectivity index (χ4n) is 1.12. The van der Waals surface area contributed by atoms with Gasteiger partial charge in [-0.05, 0) is 12.1 Å². The molecule has 0 aliphatic carbocycles. The molecule has 1 aliphatic heterocycles. The van der Waals surface area contributed by atoms with Crippen LogP contribution in [0, 0.1) is 0 Å². The lowest BCUT2D eigenvalue weighted by atomic mass is 10.1. The Hall–Kier alpha value is -1.68. The third-order valence-corrected chi connectivity index (χ3v) is 1.64. The highest BCUT2D eigenvalue weighted by Gasteiger charge is 2.25. The molecule has 4 heteroatoms. The molecule has 0 radical (unpaired) electrons. The highest BCUT2D eigenvalue weighted by atomic mass is 16.2. The van der Waals surface area contributed by atoms with Gasteiger partial charge in [-0.15, -0.1) is 0 Å². The summed E-state index contributed by atoms with van der Waals surface area (Å²) in [7, 11) is 0. The lowest BCUT2D eigenvalue weighted by molar-refractivity contribution is 0.0879. The summed E-state index contributed by atoms with van der Waals surface area (Å²) < 4.78 is 0. The fraction of sp³-hybridized carbons (Fsp3) is 0. The van der Waals surface area contributed by atoms with Crippen LogP contribution in [0.15, 0.2) is 24.3 Å². The Morgan fingerprint density at radius 3 is 1.75 bits per heavy atom. The first-order chi connectivity index (χ1) is 5.29. The Bertz CT molecular complexity index is 313. The molecule has 0 unspecified atom stereocenters. The molecular formula is C8H7NO3. The van der Waals surface area contributed by atoms with Crippen molar-refractivity contribution in [2.75, 3.05) is 0 Å². The molecule has 2 rings (SSSR count). The van der Waals surface area contributed by atoms with Crippen molar-refractivity contribution in [1.82, 2.24) is 5.32 Å². The molecule has 0 saturated carbocycles. The summed E-state index contributed by atoms with van der Waals surface area (Å²) in [5.41, 5.74) is 0.940. The zero-order valence-electron chi connectivity index (χ0n) is 6.13. The highest BCUT2D eigenvalue weighted by Crippen LogP contribution is 2.13. The maximum atomic E-state index is 10.9. The summed E-state index contributed by atoms with van der Waals surface area (Å²) in [4.78, 5) is 21.9. The first-order valence-corrected chi connectivity index (χ1v) is 3.24. The normalized spacial score (nSPS) is 13.3. The van der Waals surface area contributed by atoms with Crippen LogP contribution in [-0.4, -0.2) is 17.3 Å². The standard InChI is InChI=1S/C8H5NO2.H2O/c10-7-5-3-1-2-4-6(5)8(11)9-7;/h1-4H,(H,9,10,11);1H2. The van der Waals surface area contributed by atoms with E-state index >= 15 is 0 Å². The van der Waals surface area contributed by atoms with Crippen LogP contribution in [0.3, 0.4) is 0 Å². The van der Waals surface area contributed by atoms with Gasteiger partial charge in [-0.2, -0.15) is 0 Å². The molecule has 1 aromatic rings. The van der Waals surface area contributed by atoms with E-state index in [1.807, 2.05) is 0 Å². The van der Waals surface area contributed by atoms with Gasteiger partial charge in [0.25, 0.3) is 11.8 Å². The van der Waals surface area contributed by atoms with Crippen LogP contribution in [0.1, 0.15) is 20.7 Å². The van der Waals surface area contributed by atoms with E-state index in [-0.39, 0.29) is 17.3 Å². The molecule has 0 aromatic heterocycles. The fourth-order valence-corrected chi connectivity index (χ4v) is 1.12. The van der Waals surface area contributed by atoms with Crippen LogP contribution < -0.4 is 5.32 Å². The van der Waals surface area contributed by atoms with Gasteiger partial charge in [-0.1, -0.05) is 12.1 Å². The number of imide groups is 1. The number of rotatable bonds is 0. The number of fused-ring (bicyclic) bond motifs is 1. The minimum atomic E-state index is -0.300. The van der Waals surface area contributed by atoms with Crippen molar-refractivity contribution in [3.63, 3.8) is 0 Å². The molecular weight excluding hydrogens is 158 g/mol. The van der Waals surface area contributed by atoms with E-state index in [4.69, 9.17) is 0 Å². The quantitative estimate of drug-likeness (QED) is 0.538. The lowest BCUT2D eigenvalue weighted by Crippen LogP contribution is -2.19. The van der Waals surface area contributed by atoms with E-state index < -0.39 is 0 Å². The average molecular weight is 165 g/mol. The van der Waals surface area contributed by atoms with Gasteiger partial charge in [0.2, 0.25) is 0 Å². The number of hydrogen-bond acceptors (Lipinski definition) is 2. The molecule has 12 heavy (non-hydrogen) atoms. The van der Waals surface area contributed by atoms with E-state index in [0.29, 0.717) is 11.1 Å². The second-order valence-corrected chi connectivity index (χ2v) is 2.33. The van der Waals surface area contributed by atoms with Crippen molar-refractivity contribution in [3.05, 3.63) is 35.4 Å². The van der Waals surface area contributed by atoms with E-state index in [2.05, 4.69) is 5.32 Å². The Morgan fingerprint density at radius 1 is 0.917 bits per heavy atom. The molecule has 3 N–H and O–H groups in total. The second kappa shape index (κ2) is 2.75. The summed E-state index contributed by atoms with van der Waals surface area (Å²) in [6.45, 7) is 0. The first-order valence-electron chi connectivity index (χ1n) is 3.24. The summed E-state index contributed by atoms with van der Waals surface area (Å²) in [6, 6.07) is 6.74. The second-order valence-electron chi connectivity index (χ2n) is 2.33. The van der Waals surface area contributed by atoms with Gasteiger partial charge in [0.1, 0.15) is 0 Å². The van der Waals surface area contributed by atoms with Crippen LogP contribution in [0.2, 0.25) is 0 Å². The number of amides is 2. The molecule has 62 valence electrons. The molecule has 1 aromatic carbocycles. The van der Waals surface area contributed by atoms with E-state index in [0.717, 1.165) is 0 Å². The number of carbonyl (C=O) groups is 2. The largest absolute Gasteiger partial charge is 0.412 e. The summed E-state index contributed by atoms with van der Waals surface area (Å²) in [5, 5.41) is 2.20. The Labute approximate surface area is 68.5 Å². The maximum absolute atomic E-state index is 10.9. The van der Waals surface area contributed by atoms with Crippen LogP contribution >= 0.6 is 0 Å². The first kappa shape index (κ1) is 8.42. The van der Waals surface area contributed by atoms with Crippen molar-refractivity contribution in [1.29, 1.82) is 0 Å². The molecule has 2 amide bonds. The van der Waals surface area contributed by atoms with E-state index in [1.54, 1.807) is 24.3 Å². The zero-order valence-corrected chi connectivity index (χ0v) is 6.13. The summed E-state index contributed by atoms with van der Waals surface area (Å²) in [6.07, 6.45) is 0. The molecule has 0 saturated heterocycles. The number of benzene rings is 1. The molecule has 1 heterocycles. The van der Waals surface area contributed by atoms with Crippen LogP contribution in [0.5, 0.6) is 0 Å². The van der Waals surface area contributed by atoms with Gasteiger partial charge in [-0.25, -0.2) is 0 Å². The molecule has 4 nitrogen and oxygen atoms in total. The van der Waals surface area contributed by atoms with Gasteiger partial charge < -0.3 is 5.48 Å². The number of carbonyl (C=O) groups excluding carboxylic acids is 2. The smallest absolute Gasteiger partial charge is 0.258 e. The predicted octanol–water partition coefficient (Wildman–Crippen LogP) is -0.254. The third kappa shape index (κ3) is 0.981. The Balaban J connectivity index is 0.000000720. The van der Waals surface area contributed by atoms with Crippen LogP contribution in [0.25, 0.3) is 0 Å². The molecule has 0 fully saturated rings. The molecule has 0 atom stereocenters. The van der Waals surface area contributed by atoms with Gasteiger partial charge in [-0.3, -0.25) is 14.9 Å². The zero-order chi connectivity index (χ0) is 7.84. The monoisotopic (exact) mass is 165 g/mol. The minimum Gasteiger partial charge on any atom is -0.412 e. The molecule has 0 bridgehead atoms. The van der Waals surface area contributed by atoms with Gasteiger partial charge in [0.15, 0.2) is 0 Å². The topological polar surface area (TPSA) is 77.7 Å². The predicted molar refractivity (Wildman–Crippen MR) is 41.9 cm³/mol. The Kier molecular flexibility index (Phi) is 1.93. The highest BCUT2D eigenvalue weighted by molar-refractivity contribution is 6.21. The van der Waals surface area contributed by atoms with Crippen molar-refractivity contribution in [2.24, 2.45) is 0 Å². The van der Waals surface area contributed by atoms with Crippen molar-refractivity contribution in [2.45, 2.75) is 0 Å². The maximum Gasteiger partial charge on any atom is 0.258 e. The van der Waals surface area contributed by atoms with Gasteiger partial charge >= 0.3 is 0 Å². The molecule has 0 spiro atoms. The Morgan fingerprint density at radius 2 is 1.33 bits per heavy atom. The van der Waals surface area contributed by atoms with Crippen molar-refractivity contribution < 1.29 is 15.1 Å².